The maximum absolute atomic E-state index is 12.3. The Morgan fingerprint density at radius 3 is 2.50 bits per heavy atom. The first-order chi connectivity index (χ1) is 10.4. The third-order valence-electron chi connectivity index (χ3n) is 3.67. The largest absolute Gasteiger partial charge is 0.314 e. The number of nitro benzene ring substituents is 1. The maximum atomic E-state index is 12.3. The molecule has 1 aromatic rings. The second-order valence-electron chi connectivity index (χ2n) is 5.15. The second kappa shape index (κ2) is 10.1. The molecule has 0 saturated carbocycles. The van der Waals surface area contributed by atoms with Crippen LogP contribution < -0.4 is 10.0 Å². The van der Waals surface area contributed by atoms with E-state index in [-0.39, 0.29) is 47.5 Å². The number of hydrogen-bond acceptors (Lipinski definition) is 6. The molecule has 0 radical (unpaired) electrons. The van der Waals surface area contributed by atoms with Gasteiger partial charge in [-0.25, -0.2) is 13.1 Å². The minimum absolute atomic E-state index is 0. The van der Waals surface area contributed by atoms with Crippen molar-refractivity contribution in [3.05, 3.63) is 33.9 Å². The van der Waals surface area contributed by atoms with Gasteiger partial charge in [-0.3, -0.25) is 15.0 Å². The summed E-state index contributed by atoms with van der Waals surface area (Å²) in [7, 11) is -3.74. The highest BCUT2D eigenvalue weighted by atomic mass is 35.5. The number of nitrogens with zero attached hydrogens (tertiary/aromatic N) is 2. The summed E-state index contributed by atoms with van der Waals surface area (Å²) in [6, 6.07) is 4.07. The number of nitro groups is 1. The monoisotopic (exact) mass is 400 g/mol. The Labute approximate surface area is 154 Å². The Bertz CT molecular complexity index is 651. The molecule has 0 amide bonds. The molecule has 1 saturated heterocycles. The van der Waals surface area contributed by atoms with Crippen molar-refractivity contribution in [2.45, 2.75) is 11.8 Å². The standard InChI is InChI=1S/C13H20N4O4S.2ClH/c1-11-12(17(18)19)3-2-4-13(11)22(20,21)15-7-10-16-8-5-14-6-9-16;;/h2-4,14-15H,5-10H2,1H3;2*1H. The Balaban J connectivity index is 0.00000264. The van der Waals surface area contributed by atoms with Crippen molar-refractivity contribution in [1.29, 1.82) is 0 Å². The van der Waals surface area contributed by atoms with Gasteiger partial charge in [0, 0.05) is 50.9 Å². The first-order valence-electron chi connectivity index (χ1n) is 7.08. The molecular weight excluding hydrogens is 379 g/mol. The minimum Gasteiger partial charge on any atom is -0.314 e. The van der Waals surface area contributed by atoms with E-state index in [9.17, 15) is 18.5 Å². The van der Waals surface area contributed by atoms with Gasteiger partial charge >= 0.3 is 0 Å². The summed E-state index contributed by atoms with van der Waals surface area (Å²) in [5.41, 5.74) is -0.0350. The average molecular weight is 401 g/mol. The van der Waals surface area contributed by atoms with Crippen molar-refractivity contribution >= 4 is 40.5 Å². The van der Waals surface area contributed by atoms with Crippen molar-refractivity contribution in [2.75, 3.05) is 39.3 Å². The van der Waals surface area contributed by atoms with Gasteiger partial charge in [0.2, 0.25) is 10.0 Å². The zero-order chi connectivity index (χ0) is 16.2. The van der Waals surface area contributed by atoms with Gasteiger partial charge in [-0.05, 0) is 13.0 Å². The molecule has 8 nitrogen and oxygen atoms in total. The maximum Gasteiger partial charge on any atom is 0.273 e. The Kier molecular flexibility index (Phi) is 9.71. The predicted molar refractivity (Wildman–Crippen MR) is 96.8 cm³/mol. The second-order valence-corrected chi connectivity index (χ2v) is 6.88. The number of halogens is 2. The van der Waals surface area contributed by atoms with Gasteiger partial charge < -0.3 is 5.32 Å². The summed E-state index contributed by atoms with van der Waals surface area (Å²) in [6.45, 7) is 5.92. The third-order valence-corrected chi connectivity index (χ3v) is 5.28. The smallest absolute Gasteiger partial charge is 0.273 e. The van der Waals surface area contributed by atoms with E-state index in [0.717, 1.165) is 26.2 Å². The van der Waals surface area contributed by atoms with Gasteiger partial charge in [-0.1, -0.05) is 6.07 Å². The van der Waals surface area contributed by atoms with E-state index in [1.54, 1.807) is 0 Å². The zero-order valence-electron chi connectivity index (χ0n) is 13.2. The van der Waals surface area contributed by atoms with Gasteiger partial charge in [0.25, 0.3) is 5.69 Å². The molecule has 1 aliphatic heterocycles. The normalized spacial score (nSPS) is 15.2. The minimum atomic E-state index is -3.74. The fraction of sp³-hybridized carbons (Fsp3) is 0.538. The zero-order valence-corrected chi connectivity index (χ0v) is 15.7. The summed E-state index contributed by atoms with van der Waals surface area (Å²) in [5, 5.41) is 14.1. The first kappa shape index (κ1) is 23.0. The predicted octanol–water partition coefficient (Wildman–Crippen LogP) is 0.930. The van der Waals surface area contributed by atoms with Crippen LogP contribution in [0.2, 0.25) is 0 Å². The highest BCUT2D eigenvalue weighted by Gasteiger charge is 2.22. The highest BCUT2D eigenvalue weighted by molar-refractivity contribution is 7.89. The molecule has 0 bridgehead atoms. The van der Waals surface area contributed by atoms with Crippen molar-refractivity contribution < 1.29 is 13.3 Å². The summed E-state index contributed by atoms with van der Waals surface area (Å²) < 4.78 is 27.1. The Hall–Kier alpha value is -0.970. The van der Waals surface area contributed by atoms with Crippen molar-refractivity contribution in [3.8, 4) is 0 Å². The quantitative estimate of drug-likeness (QED) is 0.543. The fourth-order valence-corrected chi connectivity index (χ4v) is 3.72. The van der Waals surface area contributed by atoms with Crippen LogP contribution >= 0.6 is 24.8 Å². The van der Waals surface area contributed by atoms with Crippen LogP contribution in [0.25, 0.3) is 0 Å². The van der Waals surface area contributed by atoms with Crippen LogP contribution in [0.3, 0.4) is 0 Å². The van der Waals surface area contributed by atoms with E-state index in [1.165, 1.54) is 25.1 Å². The molecule has 24 heavy (non-hydrogen) atoms. The molecule has 11 heteroatoms. The van der Waals surface area contributed by atoms with Crippen molar-refractivity contribution in [1.82, 2.24) is 14.9 Å². The fourth-order valence-electron chi connectivity index (χ4n) is 2.44. The Morgan fingerprint density at radius 1 is 1.29 bits per heavy atom. The SMILES string of the molecule is Cc1c([N+](=O)[O-])cccc1S(=O)(=O)NCCN1CCNCC1.Cl.Cl. The van der Waals surface area contributed by atoms with Gasteiger partial charge in [0.05, 0.1) is 9.82 Å². The lowest BCUT2D eigenvalue weighted by Crippen LogP contribution is -2.46. The number of piperazine rings is 1. The molecule has 2 N–H and O–H groups in total. The topological polar surface area (TPSA) is 105 Å². The Morgan fingerprint density at radius 2 is 1.92 bits per heavy atom. The molecule has 1 heterocycles. The van der Waals surface area contributed by atoms with Crippen molar-refractivity contribution in [2.24, 2.45) is 0 Å². The van der Waals surface area contributed by atoms with Gasteiger partial charge in [0.15, 0.2) is 0 Å². The molecule has 0 unspecified atom stereocenters. The first-order valence-corrected chi connectivity index (χ1v) is 8.57. The number of sulfonamides is 1. The third kappa shape index (κ3) is 5.83. The molecule has 138 valence electrons. The van der Waals surface area contributed by atoms with Crippen LogP contribution in [-0.2, 0) is 10.0 Å². The number of rotatable bonds is 6. The van der Waals surface area contributed by atoms with Gasteiger partial charge in [-0.15, -0.1) is 24.8 Å². The van der Waals surface area contributed by atoms with Crippen LogP contribution in [0, 0.1) is 17.0 Å². The van der Waals surface area contributed by atoms with E-state index in [1.807, 2.05) is 0 Å². The van der Waals surface area contributed by atoms with E-state index in [0.29, 0.717) is 6.54 Å². The summed E-state index contributed by atoms with van der Waals surface area (Å²) in [5.74, 6) is 0. The lowest BCUT2D eigenvalue weighted by atomic mass is 10.2. The number of benzene rings is 1. The molecule has 1 fully saturated rings. The molecule has 2 rings (SSSR count). The molecule has 0 spiro atoms. The molecule has 1 aliphatic rings. The van der Waals surface area contributed by atoms with Crippen LogP contribution in [0.5, 0.6) is 0 Å². The molecule has 0 aliphatic carbocycles. The van der Waals surface area contributed by atoms with Crippen LogP contribution in [0.1, 0.15) is 5.56 Å². The number of nitrogens with one attached hydrogen (secondary N) is 2. The molecule has 0 atom stereocenters. The van der Waals surface area contributed by atoms with Gasteiger partial charge in [0.1, 0.15) is 0 Å². The lowest BCUT2D eigenvalue weighted by molar-refractivity contribution is -0.385. The molecular formula is C13H22Cl2N4O4S. The van der Waals surface area contributed by atoms with E-state index in [2.05, 4.69) is 14.9 Å². The van der Waals surface area contributed by atoms with E-state index in [4.69, 9.17) is 0 Å². The van der Waals surface area contributed by atoms with Crippen LogP contribution in [-0.4, -0.2) is 57.5 Å². The van der Waals surface area contributed by atoms with Crippen molar-refractivity contribution in [3.63, 3.8) is 0 Å². The molecule has 0 aromatic heterocycles. The van der Waals surface area contributed by atoms with Crippen LogP contribution in [0.15, 0.2) is 23.1 Å². The summed E-state index contributed by atoms with van der Waals surface area (Å²) in [6.07, 6.45) is 0. The van der Waals surface area contributed by atoms with E-state index < -0.39 is 14.9 Å². The summed E-state index contributed by atoms with van der Waals surface area (Å²) >= 11 is 0. The van der Waals surface area contributed by atoms with Crippen LogP contribution in [0.4, 0.5) is 5.69 Å². The van der Waals surface area contributed by atoms with E-state index >= 15 is 0 Å². The van der Waals surface area contributed by atoms with Gasteiger partial charge in [-0.2, -0.15) is 0 Å². The average Bonchev–Trinajstić information content (AvgIpc) is 2.48. The lowest BCUT2D eigenvalue weighted by Gasteiger charge is -2.27. The molecule has 1 aromatic carbocycles. The highest BCUT2D eigenvalue weighted by Crippen LogP contribution is 2.24. The summed E-state index contributed by atoms with van der Waals surface area (Å²) in [4.78, 5) is 12.5. The number of hydrogen-bond donors (Lipinski definition) is 2.